The van der Waals surface area contributed by atoms with Crippen molar-refractivity contribution in [1.29, 1.82) is 0 Å². The summed E-state index contributed by atoms with van der Waals surface area (Å²) in [6, 6.07) is 0. The summed E-state index contributed by atoms with van der Waals surface area (Å²) in [5, 5.41) is 3.22. The molecule has 6 heteroatoms. The fourth-order valence-corrected chi connectivity index (χ4v) is 1.86. The number of ether oxygens (including phenoxy) is 1. The van der Waals surface area contributed by atoms with E-state index in [1.165, 1.54) is 18.4 Å². The van der Waals surface area contributed by atoms with Gasteiger partial charge in [0.1, 0.15) is 0 Å². The maximum absolute atomic E-state index is 11.4. The van der Waals surface area contributed by atoms with Crippen LogP contribution in [0.15, 0.2) is 0 Å². The number of methoxy groups -OCH3 is 1. The predicted molar refractivity (Wildman–Crippen MR) is 61.5 cm³/mol. The maximum atomic E-state index is 11.4. The zero-order valence-electron chi connectivity index (χ0n) is 9.49. The molecule has 0 saturated heterocycles. The number of aromatic nitrogens is 1. The molecular formula is C10H14N2O3S. The van der Waals surface area contributed by atoms with Gasteiger partial charge in [-0.3, -0.25) is 9.59 Å². The summed E-state index contributed by atoms with van der Waals surface area (Å²) < 4.78 is 4.44. The predicted octanol–water partition coefficient (Wildman–Crippen LogP) is 1.65. The van der Waals surface area contributed by atoms with Crippen molar-refractivity contribution in [2.75, 3.05) is 12.4 Å². The van der Waals surface area contributed by atoms with E-state index >= 15 is 0 Å². The van der Waals surface area contributed by atoms with Crippen LogP contribution >= 0.6 is 11.3 Å². The van der Waals surface area contributed by atoms with Crippen LogP contribution in [0, 0.1) is 13.8 Å². The van der Waals surface area contributed by atoms with E-state index in [-0.39, 0.29) is 24.7 Å². The second-order valence-electron chi connectivity index (χ2n) is 3.28. The molecule has 0 atom stereocenters. The number of aryl methyl sites for hydroxylation is 2. The normalized spacial score (nSPS) is 9.94. The minimum atomic E-state index is -0.387. The molecule has 1 heterocycles. The van der Waals surface area contributed by atoms with Gasteiger partial charge in [0.25, 0.3) is 0 Å². The number of rotatable bonds is 4. The van der Waals surface area contributed by atoms with Gasteiger partial charge in [0.05, 0.1) is 19.2 Å². The number of esters is 1. The van der Waals surface area contributed by atoms with E-state index in [1.807, 2.05) is 13.8 Å². The highest BCUT2D eigenvalue weighted by Gasteiger charge is 2.09. The van der Waals surface area contributed by atoms with Gasteiger partial charge in [0.15, 0.2) is 5.13 Å². The van der Waals surface area contributed by atoms with E-state index < -0.39 is 0 Å². The van der Waals surface area contributed by atoms with E-state index in [9.17, 15) is 9.59 Å². The Hall–Kier alpha value is -1.43. The third-order valence-electron chi connectivity index (χ3n) is 2.06. The first-order valence-electron chi connectivity index (χ1n) is 4.83. The van der Waals surface area contributed by atoms with Crippen molar-refractivity contribution in [3.05, 3.63) is 10.6 Å². The molecule has 0 spiro atoms. The zero-order valence-corrected chi connectivity index (χ0v) is 10.3. The third kappa shape index (κ3) is 3.62. The molecule has 0 saturated carbocycles. The fourth-order valence-electron chi connectivity index (χ4n) is 1.03. The molecule has 16 heavy (non-hydrogen) atoms. The zero-order chi connectivity index (χ0) is 12.1. The number of hydrogen-bond donors (Lipinski definition) is 1. The van der Waals surface area contributed by atoms with Crippen molar-refractivity contribution in [2.45, 2.75) is 26.7 Å². The first-order chi connectivity index (χ1) is 7.52. The lowest BCUT2D eigenvalue weighted by Crippen LogP contribution is -2.13. The van der Waals surface area contributed by atoms with Crippen LogP contribution < -0.4 is 5.32 Å². The molecule has 0 bridgehead atoms. The van der Waals surface area contributed by atoms with Crippen molar-refractivity contribution in [3.63, 3.8) is 0 Å². The fraction of sp³-hybridized carbons (Fsp3) is 0.500. The van der Waals surface area contributed by atoms with Crippen molar-refractivity contribution in [3.8, 4) is 0 Å². The molecule has 0 aliphatic heterocycles. The van der Waals surface area contributed by atoms with Gasteiger partial charge in [-0.1, -0.05) is 0 Å². The van der Waals surface area contributed by atoms with Gasteiger partial charge in [-0.15, -0.1) is 11.3 Å². The number of thiazole rings is 1. The van der Waals surface area contributed by atoms with Gasteiger partial charge in [0.2, 0.25) is 5.91 Å². The molecule has 0 aliphatic carbocycles. The second-order valence-corrected chi connectivity index (χ2v) is 4.49. The lowest BCUT2D eigenvalue weighted by molar-refractivity contribution is -0.141. The SMILES string of the molecule is COC(=O)CCC(=O)Nc1nc(C)c(C)s1. The quantitative estimate of drug-likeness (QED) is 0.815. The Balaban J connectivity index is 2.42. The summed E-state index contributed by atoms with van der Waals surface area (Å²) in [5.41, 5.74) is 0.910. The van der Waals surface area contributed by atoms with Crippen LogP contribution in [0.3, 0.4) is 0 Å². The minimum absolute atomic E-state index is 0.0890. The van der Waals surface area contributed by atoms with Crippen molar-refractivity contribution in [1.82, 2.24) is 4.98 Å². The summed E-state index contributed by atoms with van der Waals surface area (Å²) in [5.74, 6) is -0.610. The molecule has 0 aromatic carbocycles. The van der Waals surface area contributed by atoms with Crippen LogP contribution in [0.5, 0.6) is 0 Å². The lowest BCUT2D eigenvalue weighted by Gasteiger charge is -2.00. The molecule has 88 valence electrons. The summed E-state index contributed by atoms with van der Waals surface area (Å²) in [6.07, 6.45) is 0.204. The Bertz CT molecular complexity index is 381. The molecule has 1 N–H and O–H groups in total. The molecule has 1 rings (SSSR count). The Morgan fingerprint density at radius 2 is 2.06 bits per heavy atom. The number of amides is 1. The number of nitrogens with one attached hydrogen (secondary N) is 1. The Kier molecular flexibility index (Phi) is 4.42. The van der Waals surface area contributed by atoms with Crippen molar-refractivity contribution >= 4 is 28.3 Å². The average molecular weight is 242 g/mol. The van der Waals surface area contributed by atoms with Gasteiger partial charge < -0.3 is 10.1 Å². The van der Waals surface area contributed by atoms with Gasteiger partial charge in [-0.05, 0) is 13.8 Å². The lowest BCUT2D eigenvalue weighted by atomic mass is 10.3. The Morgan fingerprint density at radius 3 is 2.56 bits per heavy atom. The molecule has 1 amide bonds. The van der Waals surface area contributed by atoms with E-state index in [2.05, 4.69) is 15.0 Å². The van der Waals surface area contributed by atoms with Crippen LogP contribution in [0.2, 0.25) is 0 Å². The molecule has 0 aliphatic rings. The highest BCUT2D eigenvalue weighted by Crippen LogP contribution is 2.21. The van der Waals surface area contributed by atoms with Gasteiger partial charge in [0, 0.05) is 11.3 Å². The van der Waals surface area contributed by atoms with E-state index in [0.29, 0.717) is 5.13 Å². The van der Waals surface area contributed by atoms with E-state index in [4.69, 9.17) is 0 Å². The van der Waals surface area contributed by atoms with Crippen molar-refractivity contribution in [2.24, 2.45) is 0 Å². The first-order valence-corrected chi connectivity index (χ1v) is 5.65. The third-order valence-corrected chi connectivity index (χ3v) is 3.05. The first kappa shape index (κ1) is 12.6. The van der Waals surface area contributed by atoms with Crippen LogP contribution in [0.1, 0.15) is 23.4 Å². The monoisotopic (exact) mass is 242 g/mol. The highest BCUT2D eigenvalue weighted by molar-refractivity contribution is 7.15. The molecular weight excluding hydrogens is 228 g/mol. The molecule has 1 aromatic rings. The topological polar surface area (TPSA) is 68.3 Å². The number of anilines is 1. The summed E-state index contributed by atoms with van der Waals surface area (Å²) >= 11 is 1.42. The van der Waals surface area contributed by atoms with Gasteiger partial charge >= 0.3 is 5.97 Å². The smallest absolute Gasteiger partial charge is 0.306 e. The summed E-state index contributed by atoms with van der Waals surface area (Å²) in [6.45, 7) is 3.83. The molecule has 0 fully saturated rings. The van der Waals surface area contributed by atoms with Crippen LogP contribution in [0.25, 0.3) is 0 Å². The Morgan fingerprint density at radius 1 is 1.38 bits per heavy atom. The van der Waals surface area contributed by atoms with Crippen molar-refractivity contribution < 1.29 is 14.3 Å². The summed E-state index contributed by atoms with van der Waals surface area (Å²) in [7, 11) is 1.30. The average Bonchev–Trinajstić information content (AvgIpc) is 2.54. The standard InChI is InChI=1S/C10H14N2O3S/c1-6-7(2)16-10(11-6)12-8(13)4-5-9(14)15-3/h4-5H2,1-3H3,(H,11,12,13). The maximum Gasteiger partial charge on any atom is 0.306 e. The van der Waals surface area contributed by atoms with E-state index in [0.717, 1.165) is 10.6 Å². The van der Waals surface area contributed by atoms with Crippen LogP contribution in [-0.4, -0.2) is 24.0 Å². The second kappa shape index (κ2) is 5.60. The number of hydrogen-bond acceptors (Lipinski definition) is 5. The highest BCUT2D eigenvalue weighted by atomic mass is 32.1. The Labute approximate surface area is 97.8 Å². The minimum Gasteiger partial charge on any atom is -0.469 e. The van der Waals surface area contributed by atoms with Gasteiger partial charge in [-0.2, -0.15) is 0 Å². The van der Waals surface area contributed by atoms with Gasteiger partial charge in [-0.25, -0.2) is 4.98 Å². The molecule has 5 nitrogen and oxygen atoms in total. The van der Waals surface area contributed by atoms with E-state index in [1.54, 1.807) is 0 Å². The van der Waals surface area contributed by atoms with Crippen LogP contribution in [-0.2, 0) is 14.3 Å². The summed E-state index contributed by atoms with van der Waals surface area (Å²) in [4.78, 5) is 27.5. The number of nitrogens with zero attached hydrogens (tertiary/aromatic N) is 1. The largest absolute Gasteiger partial charge is 0.469 e. The molecule has 0 radical (unpaired) electrons. The number of carbonyl (C=O) groups excluding carboxylic acids is 2. The molecule has 0 unspecified atom stereocenters. The van der Waals surface area contributed by atoms with Crippen LogP contribution in [0.4, 0.5) is 5.13 Å². The number of carbonyl (C=O) groups is 2. The molecule has 1 aromatic heterocycles.